The topological polar surface area (TPSA) is 0 Å². The van der Waals surface area contributed by atoms with E-state index in [1.165, 1.54) is 89.9 Å². The van der Waals surface area contributed by atoms with Gasteiger partial charge in [-0.25, -0.2) is 0 Å². The zero-order valence-corrected chi connectivity index (χ0v) is 14.1. The van der Waals surface area contributed by atoms with Gasteiger partial charge in [-0.15, -0.1) is 0 Å². The zero-order chi connectivity index (χ0) is 14.7. The maximum atomic E-state index is 3.89. The molecule has 0 N–H and O–H groups in total. The first-order valence-electron chi connectivity index (χ1n) is 9.26. The van der Waals surface area contributed by atoms with Gasteiger partial charge in [-0.3, -0.25) is 0 Å². The van der Waals surface area contributed by atoms with Gasteiger partial charge < -0.3 is 0 Å². The fourth-order valence-corrected chi connectivity index (χ4v) is 2.61. The molecule has 0 saturated heterocycles. The van der Waals surface area contributed by atoms with Crippen molar-refractivity contribution in [1.29, 1.82) is 0 Å². The average molecular weight is 279 g/mol. The molecule has 0 saturated carbocycles. The maximum absolute atomic E-state index is 3.89. The lowest BCUT2D eigenvalue weighted by Gasteiger charge is -2.02. The Morgan fingerprint density at radius 1 is 0.650 bits per heavy atom. The van der Waals surface area contributed by atoms with E-state index in [4.69, 9.17) is 0 Å². The largest absolute Gasteiger partial charge is 0.0811 e. The van der Waals surface area contributed by atoms with Crippen molar-refractivity contribution in [1.82, 2.24) is 0 Å². The molecule has 0 rings (SSSR count). The Morgan fingerprint density at radius 2 is 1.05 bits per heavy atom. The van der Waals surface area contributed by atoms with Gasteiger partial charge in [0.2, 0.25) is 0 Å². The van der Waals surface area contributed by atoms with E-state index in [-0.39, 0.29) is 0 Å². The summed E-state index contributed by atoms with van der Waals surface area (Å²) in [5.74, 6) is 0. The highest BCUT2D eigenvalue weighted by molar-refractivity contribution is 4.71. The fourth-order valence-electron chi connectivity index (χ4n) is 2.61. The van der Waals surface area contributed by atoms with Gasteiger partial charge >= 0.3 is 0 Å². The van der Waals surface area contributed by atoms with E-state index in [9.17, 15) is 0 Å². The van der Waals surface area contributed by atoms with Crippen molar-refractivity contribution in [2.24, 2.45) is 0 Å². The highest BCUT2D eigenvalue weighted by atomic mass is 14.0. The molecule has 0 aromatic carbocycles. The number of rotatable bonds is 16. The van der Waals surface area contributed by atoms with Crippen molar-refractivity contribution in [2.75, 3.05) is 0 Å². The summed E-state index contributed by atoms with van der Waals surface area (Å²) in [4.78, 5) is 0. The quantitative estimate of drug-likeness (QED) is 0.257. The fraction of sp³-hybridized carbons (Fsp3) is 0.850. The molecule has 0 atom stereocenters. The average Bonchev–Trinajstić information content (AvgIpc) is 2.47. The third-order valence-electron chi connectivity index (χ3n) is 3.95. The predicted octanol–water partition coefficient (Wildman–Crippen LogP) is 7.44. The third kappa shape index (κ3) is 17.7. The molecular weight excluding hydrogens is 240 g/mol. The molecule has 0 aromatic heterocycles. The number of allylic oxidation sites excluding steroid dienone is 2. The van der Waals surface area contributed by atoms with Gasteiger partial charge in [-0.1, -0.05) is 103 Å². The van der Waals surface area contributed by atoms with Crippen LogP contribution >= 0.6 is 0 Å². The Hall–Kier alpha value is -0.260. The number of hydrogen-bond donors (Lipinski definition) is 0. The van der Waals surface area contributed by atoms with E-state index in [0.717, 1.165) is 12.8 Å². The Kier molecular flexibility index (Phi) is 18.5. The minimum Gasteiger partial charge on any atom is -0.0811 e. The molecule has 0 unspecified atom stereocenters. The van der Waals surface area contributed by atoms with Gasteiger partial charge in [0.1, 0.15) is 0 Å². The first-order chi connectivity index (χ1) is 9.91. The van der Waals surface area contributed by atoms with Crippen LogP contribution in [0.4, 0.5) is 0 Å². The Balaban J connectivity index is 2.94. The molecule has 118 valence electrons. The van der Waals surface area contributed by atoms with Crippen LogP contribution in [0, 0.1) is 13.0 Å². The first kappa shape index (κ1) is 19.7. The van der Waals surface area contributed by atoms with Crippen LogP contribution in [0.25, 0.3) is 0 Å². The summed E-state index contributed by atoms with van der Waals surface area (Å²) in [6.45, 7) is 6.04. The summed E-state index contributed by atoms with van der Waals surface area (Å²) in [5, 5.41) is 0. The monoisotopic (exact) mass is 278 g/mol. The second-order valence-electron chi connectivity index (χ2n) is 6.00. The van der Waals surface area contributed by atoms with Crippen molar-refractivity contribution in [3.05, 3.63) is 19.1 Å². The summed E-state index contributed by atoms with van der Waals surface area (Å²) in [5.41, 5.74) is 0. The standard InChI is InChI=1S/C20H38/c1-3-5-7-9-11-13-15-17-19-20-18-16-14-12-10-8-6-4-2/h8H,1,3-5,7,9-20H2,2H3. The summed E-state index contributed by atoms with van der Waals surface area (Å²) < 4.78 is 0. The molecule has 0 spiro atoms. The van der Waals surface area contributed by atoms with Crippen molar-refractivity contribution >= 4 is 0 Å². The minimum atomic E-state index is 1.07. The van der Waals surface area contributed by atoms with E-state index >= 15 is 0 Å². The van der Waals surface area contributed by atoms with E-state index in [0.29, 0.717) is 0 Å². The van der Waals surface area contributed by atoms with Crippen LogP contribution in [0.2, 0.25) is 0 Å². The van der Waals surface area contributed by atoms with Gasteiger partial charge in [0, 0.05) is 0 Å². The van der Waals surface area contributed by atoms with Crippen LogP contribution in [0.3, 0.4) is 0 Å². The van der Waals surface area contributed by atoms with Gasteiger partial charge in [0.25, 0.3) is 0 Å². The van der Waals surface area contributed by atoms with E-state index in [2.05, 4.69) is 26.0 Å². The molecule has 0 aliphatic heterocycles. The van der Waals surface area contributed by atoms with Crippen molar-refractivity contribution < 1.29 is 0 Å². The molecule has 2 radical (unpaired) electrons. The molecule has 20 heavy (non-hydrogen) atoms. The van der Waals surface area contributed by atoms with Crippen LogP contribution in [-0.4, -0.2) is 0 Å². The molecule has 0 bridgehead atoms. The van der Waals surface area contributed by atoms with Gasteiger partial charge in [0.15, 0.2) is 0 Å². The Labute approximate surface area is 129 Å². The van der Waals surface area contributed by atoms with Gasteiger partial charge in [-0.05, 0) is 25.3 Å². The first-order valence-corrected chi connectivity index (χ1v) is 9.26. The summed E-state index contributed by atoms with van der Waals surface area (Å²) in [7, 11) is 0. The van der Waals surface area contributed by atoms with Crippen LogP contribution < -0.4 is 0 Å². The predicted molar refractivity (Wildman–Crippen MR) is 92.7 cm³/mol. The molecule has 0 amide bonds. The lowest BCUT2D eigenvalue weighted by molar-refractivity contribution is 0.537. The molecule has 0 fully saturated rings. The normalized spacial score (nSPS) is 11.5. The van der Waals surface area contributed by atoms with Crippen molar-refractivity contribution in [3.63, 3.8) is 0 Å². The summed E-state index contributed by atoms with van der Waals surface area (Å²) >= 11 is 0. The molecule has 0 heteroatoms. The van der Waals surface area contributed by atoms with Gasteiger partial charge in [-0.2, -0.15) is 0 Å². The minimum absolute atomic E-state index is 1.07. The summed E-state index contributed by atoms with van der Waals surface area (Å²) in [6.07, 6.45) is 27.5. The molecular formula is C20H38. The van der Waals surface area contributed by atoms with E-state index < -0.39 is 0 Å². The number of hydrogen-bond acceptors (Lipinski definition) is 0. The molecule has 0 aliphatic rings. The van der Waals surface area contributed by atoms with Crippen LogP contribution in [0.1, 0.15) is 110 Å². The second-order valence-corrected chi connectivity index (χ2v) is 6.00. The second kappa shape index (κ2) is 18.7. The van der Waals surface area contributed by atoms with E-state index in [1.54, 1.807) is 0 Å². The smallest absolute Gasteiger partial charge is 0.0308 e. The molecule has 0 aliphatic carbocycles. The summed E-state index contributed by atoms with van der Waals surface area (Å²) in [6, 6.07) is 0. The van der Waals surface area contributed by atoms with Crippen LogP contribution in [0.5, 0.6) is 0 Å². The highest BCUT2D eigenvalue weighted by Gasteiger charge is 1.93. The van der Waals surface area contributed by atoms with Crippen LogP contribution in [0.15, 0.2) is 6.08 Å². The Bertz CT molecular complexity index is 180. The SMILES string of the molecule is [CH2]CCCCCCCCCCCCCCC/C=[C]/CC. The Morgan fingerprint density at radius 3 is 1.45 bits per heavy atom. The lowest BCUT2D eigenvalue weighted by Crippen LogP contribution is -1.83. The van der Waals surface area contributed by atoms with Crippen molar-refractivity contribution in [3.8, 4) is 0 Å². The lowest BCUT2D eigenvalue weighted by atomic mass is 10.0. The highest BCUT2D eigenvalue weighted by Crippen LogP contribution is 2.13. The molecule has 0 aromatic rings. The van der Waals surface area contributed by atoms with E-state index in [1.807, 2.05) is 0 Å². The molecule has 0 nitrogen and oxygen atoms in total. The van der Waals surface area contributed by atoms with Gasteiger partial charge in [0.05, 0.1) is 0 Å². The zero-order valence-electron chi connectivity index (χ0n) is 14.1. The van der Waals surface area contributed by atoms with Crippen molar-refractivity contribution in [2.45, 2.75) is 110 Å². The number of unbranched alkanes of at least 4 members (excludes halogenated alkanes) is 14. The maximum Gasteiger partial charge on any atom is -0.0308 e. The van der Waals surface area contributed by atoms with Crippen LogP contribution in [-0.2, 0) is 0 Å². The molecule has 0 heterocycles. The third-order valence-corrected chi connectivity index (χ3v) is 3.95.